The van der Waals surface area contributed by atoms with Crippen molar-refractivity contribution in [2.45, 2.75) is 26.6 Å². The third-order valence-electron chi connectivity index (χ3n) is 1.40. The fraction of sp³-hybridized carbons (Fsp3) is 0.600. The van der Waals surface area contributed by atoms with Crippen LogP contribution < -0.4 is 0 Å². The smallest absolute Gasteiger partial charge is 0.333 e. The fourth-order valence-corrected chi connectivity index (χ4v) is 0.725. The van der Waals surface area contributed by atoms with Gasteiger partial charge in [0.25, 0.3) is 0 Å². The minimum Gasteiger partial charge on any atom is -0.466 e. The van der Waals surface area contributed by atoms with E-state index in [1.807, 2.05) is 6.92 Å². The number of methoxy groups -OCH3 is 1. The standard InChI is InChI=1S/C10H16O5/c1-4-7-14-8(2)15-10(12)6-5-9(11)13-3/h5-6,8H,4,7H2,1-3H3. The topological polar surface area (TPSA) is 61.8 Å². The quantitative estimate of drug-likeness (QED) is 0.377. The van der Waals surface area contributed by atoms with Gasteiger partial charge in [0.15, 0.2) is 6.29 Å². The summed E-state index contributed by atoms with van der Waals surface area (Å²) < 4.78 is 14.2. The Bertz CT molecular complexity index is 234. The molecular weight excluding hydrogens is 200 g/mol. The summed E-state index contributed by atoms with van der Waals surface area (Å²) >= 11 is 0. The maximum atomic E-state index is 11.0. The largest absolute Gasteiger partial charge is 0.466 e. The van der Waals surface area contributed by atoms with Gasteiger partial charge in [-0.1, -0.05) is 6.92 Å². The Morgan fingerprint density at radius 3 is 2.40 bits per heavy atom. The van der Waals surface area contributed by atoms with E-state index < -0.39 is 18.2 Å². The summed E-state index contributed by atoms with van der Waals surface area (Å²) in [6, 6.07) is 0. The third-order valence-corrected chi connectivity index (χ3v) is 1.40. The molecular formula is C10H16O5. The van der Waals surface area contributed by atoms with Gasteiger partial charge in [-0.2, -0.15) is 0 Å². The van der Waals surface area contributed by atoms with Crippen LogP contribution in [0.3, 0.4) is 0 Å². The van der Waals surface area contributed by atoms with E-state index in [0.29, 0.717) is 6.61 Å². The van der Waals surface area contributed by atoms with Gasteiger partial charge in [-0.25, -0.2) is 9.59 Å². The van der Waals surface area contributed by atoms with Gasteiger partial charge in [0.05, 0.1) is 13.7 Å². The van der Waals surface area contributed by atoms with Crippen molar-refractivity contribution in [3.05, 3.63) is 12.2 Å². The van der Waals surface area contributed by atoms with E-state index in [0.717, 1.165) is 18.6 Å². The molecule has 5 heteroatoms. The second-order valence-corrected chi connectivity index (χ2v) is 2.73. The van der Waals surface area contributed by atoms with Crippen LogP contribution in [0.15, 0.2) is 12.2 Å². The number of hydrogen-bond acceptors (Lipinski definition) is 5. The molecule has 0 aromatic carbocycles. The normalized spacial score (nSPS) is 12.5. The fourth-order valence-electron chi connectivity index (χ4n) is 0.725. The summed E-state index contributed by atoms with van der Waals surface area (Å²) in [5.41, 5.74) is 0. The number of carbonyl (C=O) groups is 2. The van der Waals surface area contributed by atoms with Crippen molar-refractivity contribution in [3.8, 4) is 0 Å². The predicted molar refractivity (Wildman–Crippen MR) is 53.0 cm³/mol. The first-order valence-corrected chi connectivity index (χ1v) is 4.68. The molecule has 0 saturated carbocycles. The molecule has 0 bridgehead atoms. The highest BCUT2D eigenvalue weighted by Gasteiger charge is 2.06. The first kappa shape index (κ1) is 13.6. The van der Waals surface area contributed by atoms with Crippen molar-refractivity contribution in [1.29, 1.82) is 0 Å². The minimum absolute atomic E-state index is 0.523. The van der Waals surface area contributed by atoms with Crippen LogP contribution in [-0.4, -0.2) is 31.9 Å². The maximum absolute atomic E-state index is 11.0. The zero-order valence-electron chi connectivity index (χ0n) is 9.19. The van der Waals surface area contributed by atoms with Gasteiger partial charge < -0.3 is 14.2 Å². The average molecular weight is 216 g/mol. The van der Waals surface area contributed by atoms with Gasteiger partial charge in [-0.3, -0.25) is 0 Å². The second-order valence-electron chi connectivity index (χ2n) is 2.73. The van der Waals surface area contributed by atoms with E-state index >= 15 is 0 Å². The summed E-state index contributed by atoms with van der Waals surface area (Å²) in [6.07, 6.45) is 2.23. The van der Waals surface area contributed by atoms with E-state index in [1.54, 1.807) is 6.92 Å². The van der Waals surface area contributed by atoms with Gasteiger partial charge in [-0.05, 0) is 13.3 Å². The molecule has 0 N–H and O–H groups in total. The summed E-state index contributed by atoms with van der Waals surface area (Å²) in [6.45, 7) is 4.08. The lowest BCUT2D eigenvalue weighted by molar-refractivity contribution is -0.168. The van der Waals surface area contributed by atoms with E-state index in [9.17, 15) is 9.59 Å². The first-order chi connectivity index (χ1) is 7.10. The molecule has 0 aliphatic carbocycles. The summed E-state index contributed by atoms with van der Waals surface area (Å²) in [5.74, 6) is -1.24. The van der Waals surface area contributed by atoms with E-state index in [2.05, 4.69) is 4.74 Å². The Morgan fingerprint density at radius 1 is 1.27 bits per heavy atom. The molecule has 1 unspecified atom stereocenters. The second kappa shape index (κ2) is 7.99. The van der Waals surface area contributed by atoms with Crippen LogP contribution in [0.25, 0.3) is 0 Å². The SMILES string of the molecule is CCCOC(C)OC(=O)C=CC(=O)OC. The monoisotopic (exact) mass is 216 g/mol. The zero-order chi connectivity index (χ0) is 11.7. The Kier molecular flexibility index (Phi) is 7.27. The average Bonchev–Trinajstić information content (AvgIpc) is 2.22. The number of ether oxygens (including phenoxy) is 3. The lowest BCUT2D eigenvalue weighted by Crippen LogP contribution is -2.17. The molecule has 0 rings (SSSR count). The summed E-state index contributed by atoms with van der Waals surface area (Å²) in [7, 11) is 1.23. The van der Waals surface area contributed by atoms with Crippen LogP contribution in [-0.2, 0) is 23.8 Å². The molecule has 86 valence electrons. The predicted octanol–water partition coefficient (Wildman–Crippen LogP) is 1.03. The van der Waals surface area contributed by atoms with Crippen LogP contribution in [0.4, 0.5) is 0 Å². The van der Waals surface area contributed by atoms with Crippen LogP contribution >= 0.6 is 0 Å². The molecule has 0 aliphatic heterocycles. The number of carbonyl (C=O) groups excluding carboxylic acids is 2. The highest BCUT2D eigenvalue weighted by atomic mass is 16.7. The number of rotatable bonds is 6. The van der Waals surface area contributed by atoms with Gasteiger partial charge in [0, 0.05) is 12.2 Å². The van der Waals surface area contributed by atoms with E-state index in [-0.39, 0.29) is 0 Å². The molecule has 1 atom stereocenters. The van der Waals surface area contributed by atoms with Crippen molar-refractivity contribution in [2.24, 2.45) is 0 Å². The van der Waals surface area contributed by atoms with Crippen molar-refractivity contribution >= 4 is 11.9 Å². The molecule has 0 spiro atoms. The Balaban J connectivity index is 3.82. The minimum atomic E-state index is -0.635. The van der Waals surface area contributed by atoms with Gasteiger partial charge in [0.2, 0.25) is 0 Å². The molecule has 0 radical (unpaired) electrons. The molecule has 0 aromatic heterocycles. The Morgan fingerprint density at radius 2 is 1.87 bits per heavy atom. The lowest BCUT2D eigenvalue weighted by Gasteiger charge is -2.11. The van der Waals surface area contributed by atoms with Crippen molar-refractivity contribution in [1.82, 2.24) is 0 Å². The van der Waals surface area contributed by atoms with Crippen molar-refractivity contribution in [3.63, 3.8) is 0 Å². The Hall–Kier alpha value is -1.36. The maximum Gasteiger partial charge on any atom is 0.333 e. The van der Waals surface area contributed by atoms with Crippen molar-refractivity contribution < 1.29 is 23.8 Å². The lowest BCUT2D eigenvalue weighted by atomic mass is 10.5. The van der Waals surface area contributed by atoms with Gasteiger partial charge in [0.1, 0.15) is 0 Å². The highest BCUT2D eigenvalue weighted by Crippen LogP contribution is 1.96. The molecule has 0 heterocycles. The van der Waals surface area contributed by atoms with Crippen molar-refractivity contribution in [2.75, 3.05) is 13.7 Å². The number of hydrogen-bond donors (Lipinski definition) is 0. The molecule has 0 aliphatic rings. The number of esters is 2. The zero-order valence-corrected chi connectivity index (χ0v) is 9.19. The van der Waals surface area contributed by atoms with Crippen LogP contribution in [0.2, 0.25) is 0 Å². The summed E-state index contributed by atoms with van der Waals surface area (Å²) in [5, 5.41) is 0. The molecule has 0 aromatic rings. The molecule has 0 saturated heterocycles. The van der Waals surface area contributed by atoms with Gasteiger partial charge >= 0.3 is 11.9 Å². The molecule has 15 heavy (non-hydrogen) atoms. The van der Waals surface area contributed by atoms with Crippen LogP contribution in [0.5, 0.6) is 0 Å². The highest BCUT2D eigenvalue weighted by molar-refractivity contribution is 5.91. The van der Waals surface area contributed by atoms with Crippen LogP contribution in [0, 0.1) is 0 Å². The van der Waals surface area contributed by atoms with E-state index in [1.165, 1.54) is 7.11 Å². The molecule has 0 amide bonds. The van der Waals surface area contributed by atoms with E-state index in [4.69, 9.17) is 9.47 Å². The molecule has 5 nitrogen and oxygen atoms in total. The first-order valence-electron chi connectivity index (χ1n) is 4.68. The van der Waals surface area contributed by atoms with Gasteiger partial charge in [-0.15, -0.1) is 0 Å². The molecule has 0 fully saturated rings. The van der Waals surface area contributed by atoms with Crippen LogP contribution in [0.1, 0.15) is 20.3 Å². The Labute approximate surface area is 89.0 Å². The summed E-state index contributed by atoms with van der Waals surface area (Å²) in [4.78, 5) is 21.7. The third kappa shape index (κ3) is 7.69.